The zero-order valence-electron chi connectivity index (χ0n) is 8.36. The van der Waals surface area contributed by atoms with Crippen LogP contribution in [0.1, 0.15) is 33.1 Å². The maximum atomic E-state index is 10.5. The molecule has 2 heteroatoms. The van der Waals surface area contributed by atoms with Gasteiger partial charge in [-0.3, -0.25) is 0 Å². The van der Waals surface area contributed by atoms with Gasteiger partial charge in [-0.2, -0.15) is 0 Å². The molecule has 13 heavy (non-hydrogen) atoms. The molecule has 3 saturated carbocycles. The molecule has 0 saturated heterocycles. The van der Waals surface area contributed by atoms with E-state index in [-0.39, 0.29) is 12.0 Å². The molecule has 0 heterocycles. The van der Waals surface area contributed by atoms with Crippen molar-refractivity contribution in [3.8, 4) is 0 Å². The van der Waals surface area contributed by atoms with Crippen molar-refractivity contribution in [3.05, 3.63) is 0 Å². The van der Waals surface area contributed by atoms with Crippen LogP contribution in [-0.4, -0.2) is 17.5 Å². The third-order valence-corrected chi connectivity index (χ3v) is 4.45. The molecule has 0 amide bonds. The normalized spacial score (nSPS) is 46.7. The van der Waals surface area contributed by atoms with E-state index in [0.29, 0.717) is 23.7 Å². The van der Waals surface area contributed by atoms with Crippen molar-refractivity contribution in [1.29, 1.82) is 0 Å². The molecule has 2 nitrogen and oxygen atoms in total. The van der Waals surface area contributed by atoms with Crippen LogP contribution in [0.3, 0.4) is 0 Å². The molecular formula is C11H18O2. The monoisotopic (exact) mass is 182 g/mol. The van der Waals surface area contributed by atoms with E-state index in [0.717, 1.165) is 12.7 Å². The molecule has 0 radical (unpaired) electrons. The van der Waals surface area contributed by atoms with E-state index in [2.05, 4.69) is 13.8 Å². The van der Waals surface area contributed by atoms with Gasteiger partial charge in [-0.05, 0) is 36.0 Å². The average Bonchev–Trinajstić information content (AvgIpc) is 2.08. The maximum absolute atomic E-state index is 10.5. The minimum atomic E-state index is -0.220. The number of carbonyl (C=O) groups excluding carboxylic acids is 1. The van der Waals surface area contributed by atoms with Gasteiger partial charge in [-0.1, -0.05) is 13.8 Å². The van der Waals surface area contributed by atoms with Crippen molar-refractivity contribution in [1.82, 2.24) is 0 Å². The average molecular weight is 182 g/mol. The van der Waals surface area contributed by atoms with Gasteiger partial charge in [-0.15, -0.1) is 0 Å². The van der Waals surface area contributed by atoms with Gasteiger partial charge in [0.25, 0.3) is 0 Å². The molecule has 0 aliphatic heterocycles. The first-order chi connectivity index (χ1) is 6.07. The first kappa shape index (κ1) is 9.20. The number of aldehydes is 1. The lowest BCUT2D eigenvalue weighted by atomic mass is 9.44. The molecule has 0 aromatic carbocycles. The molecule has 0 aromatic heterocycles. The third-order valence-electron chi connectivity index (χ3n) is 4.45. The summed E-state index contributed by atoms with van der Waals surface area (Å²) in [5.74, 6) is 1.50. The van der Waals surface area contributed by atoms with E-state index in [1.54, 1.807) is 0 Å². The van der Waals surface area contributed by atoms with Gasteiger partial charge in [0.2, 0.25) is 0 Å². The minimum absolute atomic E-state index is 0.220. The van der Waals surface area contributed by atoms with Crippen molar-refractivity contribution >= 4 is 6.29 Å². The van der Waals surface area contributed by atoms with Gasteiger partial charge in [0.05, 0.1) is 6.10 Å². The van der Waals surface area contributed by atoms with E-state index >= 15 is 0 Å². The van der Waals surface area contributed by atoms with E-state index in [1.807, 2.05) is 0 Å². The number of aliphatic hydroxyl groups excluding tert-OH is 1. The van der Waals surface area contributed by atoms with Crippen LogP contribution in [0.15, 0.2) is 0 Å². The van der Waals surface area contributed by atoms with Crippen LogP contribution in [0, 0.1) is 23.2 Å². The van der Waals surface area contributed by atoms with Crippen LogP contribution in [0.25, 0.3) is 0 Å². The molecule has 74 valence electrons. The summed E-state index contributed by atoms with van der Waals surface area (Å²) in [5.41, 5.74) is 0.368. The maximum Gasteiger partial charge on any atom is 0.120 e. The summed E-state index contributed by atoms with van der Waals surface area (Å²) in [4.78, 5) is 10.5. The fourth-order valence-electron chi connectivity index (χ4n) is 3.35. The van der Waals surface area contributed by atoms with Crippen LogP contribution in [0.5, 0.6) is 0 Å². The molecule has 0 unspecified atom stereocenters. The number of fused-ring (bicyclic) bond motifs is 2. The fraction of sp³-hybridized carbons (Fsp3) is 0.909. The summed E-state index contributed by atoms with van der Waals surface area (Å²) in [6.07, 6.45) is 3.41. The second kappa shape index (κ2) is 2.81. The van der Waals surface area contributed by atoms with Gasteiger partial charge in [-0.25, -0.2) is 0 Å². The second-order valence-electron chi connectivity index (χ2n) is 5.23. The zero-order valence-corrected chi connectivity index (χ0v) is 8.36. The van der Waals surface area contributed by atoms with E-state index in [1.165, 1.54) is 6.42 Å². The number of hydrogen-bond donors (Lipinski definition) is 1. The topological polar surface area (TPSA) is 37.3 Å². The number of rotatable bonds is 2. The van der Waals surface area contributed by atoms with Crippen molar-refractivity contribution in [3.63, 3.8) is 0 Å². The third kappa shape index (κ3) is 1.15. The lowest BCUT2D eigenvalue weighted by molar-refractivity contribution is -0.163. The molecule has 3 rings (SSSR count). The summed E-state index contributed by atoms with van der Waals surface area (Å²) in [7, 11) is 0. The Balaban J connectivity index is 2.12. The van der Waals surface area contributed by atoms with Crippen molar-refractivity contribution < 1.29 is 9.90 Å². The summed E-state index contributed by atoms with van der Waals surface area (Å²) >= 11 is 0. The molecule has 3 fully saturated rings. The minimum Gasteiger partial charge on any atom is -0.393 e. The summed E-state index contributed by atoms with van der Waals surface area (Å²) in [6.45, 7) is 4.55. The van der Waals surface area contributed by atoms with E-state index < -0.39 is 0 Å². The Bertz CT molecular complexity index is 222. The van der Waals surface area contributed by atoms with Crippen LogP contribution >= 0.6 is 0 Å². The molecule has 3 aliphatic carbocycles. The molecular weight excluding hydrogens is 164 g/mol. The van der Waals surface area contributed by atoms with Crippen LogP contribution < -0.4 is 0 Å². The van der Waals surface area contributed by atoms with E-state index in [4.69, 9.17) is 0 Å². The van der Waals surface area contributed by atoms with Gasteiger partial charge in [0, 0.05) is 6.42 Å². The lowest BCUT2D eigenvalue weighted by Gasteiger charge is -2.61. The van der Waals surface area contributed by atoms with Crippen LogP contribution in [0.2, 0.25) is 0 Å². The van der Waals surface area contributed by atoms with Gasteiger partial charge in [0.1, 0.15) is 6.29 Å². The molecule has 1 N–H and O–H groups in total. The quantitative estimate of drug-likeness (QED) is 0.659. The highest BCUT2D eigenvalue weighted by molar-refractivity contribution is 5.50. The Morgan fingerprint density at radius 1 is 1.46 bits per heavy atom. The highest BCUT2D eigenvalue weighted by atomic mass is 16.3. The molecule has 0 aromatic rings. The van der Waals surface area contributed by atoms with Crippen molar-refractivity contribution in [2.45, 2.75) is 39.2 Å². The van der Waals surface area contributed by atoms with Crippen LogP contribution in [-0.2, 0) is 4.79 Å². The Morgan fingerprint density at radius 2 is 2.15 bits per heavy atom. The lowest BCUT2D eigenvalue weighted by Crippen LogP contribution is -2.57. The summed E-state index contributed by atoms with van der Waals surface area (Å²) in [6, 6.07) is 0. The molecule has 0 spiro atoms. The van der Waals surface area contributed by atoms with Crippen LogP contribution in [0.4, 0.5) is 0 Å². The molecule has 4 atom stereocenters. The Hall–Kier alpha value is -0.370. The molecule has 3 aliphatic rings. The SMILES string of the molecule is CC1(C)[C@@H]2C[C@@H](O)[C@@H](CC=O)[C@H]1C2. The number of aliphatic hydroxyl groups is 1. The highest BCUT2D eigenvalue weighted by Crippen LogP contribution is 2.61. The van der Waals surface area contributed by atoms with Gasteiger partial charge in [0.15, 0.2) is 0 Å². The van der Waals surface area contributed by atoms with Crippen molar-refractivity contribution in [2.75, 3.05) is 0 Å². The Labute approximate surface area is 79.3 Å². The van der Waals surface area contributed by atoms with E-state index in [9.17, 15) is 9.90 Å². The predicted molar refractivity (Wildman–Crippen MR) is 50.2 cm³/mol. The predicted octanol–water partition coefficient (Wildman–Crippen LogP) is 1.62. The number of carbonyl (C=O) groups is 1. The highest BCUT2D eigenvalue weighted by Gasteiger charge is 2.56. The summed E-state index contributed by atoms with van der Waals surface area (Å²) < 4.78 is 0. The first-order valence-electron chi connectivity index (χ1n) is 5.19. The number of hydrogen-bond acceptors (Lipinski definition) is 2. The fourth-order valence-corrected chi connectivity index (χ4v) is 3.35. The summed E-state index contributed by atoms with van der Waals surface area (Å²) in [5, 5.41) is 9.77. The van der Waals surface area contributed by atoms with Crippen molar-refractivity contribution in [2.24, 2.45) is 23.2 Å². The standard InChI is InChI=1S/C11H18O2/c1-11(2)7-5-9(11)8(3-4-12)10(13)6-7/h4,7-10,13H,3,5-6H2,1-2H3/t7-,8-,9+,10+/m0/s1. The van der Waals surface area contributed by atoms with Gasteiger partial charge < -0.3 is 9.90 Å². The smallest absolute Gasteiger partial charge is 0.120 e. The van der Waals surface area contributed by atoms with Gasteiger partial charge >= 0.3 is 0 Å². The molecule has 2 bridgehead atoms. The zero-order chi connectivity index (χ0) is 9.64. The Morgan fingerprint density at radius 3 is 2.69 bits per heavy atom. The Kier molecular flexibility index (Phi) is 1.99. The largest absolute Gasteiger partial charge is 0.393 e. The first-order valence-corrected chi connectivity index (χ1v) is 5.19. The second-order valence-corrected chi connectivity index (χ2v) is 5.23.